The van der Waals surface area contributed by atoms with Crippen LogP contribution < -0.4 is 0 Å². The Bertz CT molecular complexity index is 287. The summed E-state index contributed by atoms with van der Waals surface area (Å²) >= 11 is 0. The predicted octanol–water partition coefficient (Wildman–Crippen LogP) is 0.547. The van der Waals surface area contributed by atoms with Crippen LogP contribution in [-0.4, -0.2) is 37.9 Å². The summed E-state index contributed by atoms with van der Waals surface area (Å²) in [5.41, 5.74) is -0.107. The minimum absolute atomic E-state index is 0.107. The highest BCUT2D eigenvalue weighted by Gasteiger charge is 2.08. The zero-order valence-corrected chi connectivity index (χ0v) is 8.52. The van der Waals surface area contributed by atoms with Crippen LogP contribution in [0.1, 0.15) is 6.92 Å². The maximum atomic E-state index is 11.0. The first-order chi connectivity index (χ1) is 6.61. The van der Waals surface area contributed by atoms with Gasteiger partial charge >= 0.3 is 5.97 Å². The SMILES string of the molecule is CCOC(=O)C(C#N)=CN=CN(C)C. The lowest BCUT2D eigenvalue weighted by atomic mass is 10.3. The average Bonchev–Trinajstić information content (AvgIpc) is 2.12. The first-order valence-electron chi connectivity index (χ1n) is 4.09. The summed E-state index contributed by atoms with van der Waals surface area (Å²) in [5, 5.41) is 8.58. The van der Waals surface area contributed by atoms with E-state index in [-0.39, 0.29) is 12.2 Å². The van der Waals surface area contributed by atoms with Gasteiger partial charge in [-0.25, -0.2) is 9.79 Å². The topological polar surface area (TPSA) is 65.7 Å². The highest BCUT2D eigenvalue weighted by atomic mass is 16.5. The molecular formula is C9H13N3O2. The van der Waals surface area contributed by atoms with Gasteiger partial charge in [-0.3, -0.25) is 0 Å². The maximum Gasteiger partial charge on any atom is 0.350 e. The number of hydrogen-bond donors (Lipinski definition) is 0. The van der Waals surface area contributed by atoms with Crippen LogP contribution in [0.25, 0.3) is 0 Å². The molecule has 0 spiro atoms. The molecule has 0 aromatic rings. The normalized spacial score (nSPS) is 11.1. The largest absolute Gasteiger partial charge is 0.462 e. The molecule has 0 bridgehead atoms. The Balaban J connectivity index is 4.42. The monoisotopic (exact) mass is 195 g/mol. The van der Waals surface area contributed by atoms with E-state index in [0.29, 0.717) is 0 Å². The van der Waals surface area contributed by atoms with Crippen LogP contribution in [-0.2, 0) is 9.53 Å². The van der Waals surface area contributed by atoms with E-state index in [1.807, 2.05) is 0 Å². The molecule has 0 N–H and O–H groups in total. The molecule has 5 heteroatoms. The van der Waals surface area contributed by atoms with Crippen LogP contribution in [0.4, 0.5) is 0 Å². The van der Waals surface area contributed by atoms with Crippen molar-refractivity contribution in [2.24, 2.45) is 4.99 Å². The van der Waals surface area contributed by atoms with Crippen molar-refractivity contribution in [1.82, 2.24) is 4.90 Å². The number of hydrogen-bond acceptors (Lipinski definition) is 4. The van der Waals surface area contributed by atoms with Gasteiger partial charge in [-0.05, 0) is 6.92 Å². The third-order valence-electron chi connectivity index (χ3n) is 1.12. The zero-order chi connectivity index (χ0) is 11.0. The van der Waals surface area contributed by atoms with Crippen LogP contribution in [0, 0.1) is 11.3 Å². The number of nitrogens with zero attached hydrogens (tertiary/aromatic N) is 3. The minimum atomic E-state index is -0.647. The van der Waals surface area contributed by atoms with E-state index in [1.54, 1.807) is 32.0 Å². The first kappa shape index (κ1) is 12.2. The van der Waals surface area contributed by atoms with Gasteiger partial charge in [0.2, 0.25) is 0 Å². The molecule has 0 aliphatic rings. The molecule has 14 heavy (non-hydrogen) atoms. The molecule has 0 rings (SSSR count). The van der Waals surface area contributed by atoms with Crippen molar-refractivity contribution in [2.75, 3.05) is 20.7 Å². The van der Waals surface area contributed by atoms with Gasteiger partial charge in [0.05, 0.1) is 19.1 Å². The number of carbonyl (C=O) groups is 1. The van der Waals surface area contributed by atoms with Crippen LogP contribution in [0.15, 0.2) is 16.8 Å². The van der Waals surface area contributed by atoms with E-state index in [2.05, 4.69) is 9.73 Å². The van der Waals surface area contributed by atoms with E-state index >= 15 is 0 Å². The van der Waals surface area contributed by atoms with Gasteiger partial charge in [0.1, 0.15) is 6.07 Å². The summed E-state index contributed by atoms with van der Waals surface area (Å²) in [7, 11) is 3.57. The Labute approximate surface area is 83.3 Å². The van der Waals surface area contributed by atoms with Crippen molar-refractivity contribution in [3.05, 3.63) is 11.8 Å². The first-order valence-corrected chi connectivity index (χ1v) is 4.09. The number of aliphatic imine (C=N–C) groups is 1. The summed E-state index contributed by atoms with van der Waals surface area (Å²) in [4.78, 5) is 16.5. The molecule has 0 saturated heterocycles. The van der Waals surface area contributed by atoms with Gasteiger partial charge in [-0.1, -0.05) is 0 Å². The smallest absolute Gasteiger partial charge is 0.350 e. The number of ether oxygens (including phenoxy) is 1. The molecule has 0 atom stereocenters. The maximum absolute atomic E-state index is 11.0. The van der Waals surface area contributed by atoms with E-state index in [4.69, 9.17) is 5.26 Å². The van der Waals surface area contributed by atoms with E-state index in [9.17, 15) is 4.79 Å². The van der Waals surface area contributed by atoms with E-state index < -0.39 is 5.97 Å². The van der Waals surface area contributed by atoms with Gasteiger partial charge in [0.25, 0.3) is 0 Å². The molecule has 0 aromatic carbocycles. The fourth-order valence-electron chi connectivity index (χ4n) is 0.577. The van der Waals surface area contributed by atoms with Crippen LogP contribution in [0.3, 0.4) is 0 Å². The molecule has 5 nitrogen and oxygen atoms in total. The summed E-state index contributed by atoms with van der Waals surface area (Å²) in [5.74, 6) is -0.647. The fraction of sp³-hybridized carbons (Fsp3) is 0.444. The second-order valence-electron chi connectivity index (χ2n) is 2.60. The molecule has 0 amide bonds. The van der Waals surface area contributed by atoms with Crippen molar-refractivity contribution in [2.45, 2.75) is 6.92 Å². The summed E-state index contributed by atoms with van der Waals surface area (Å²) in [6.45, 7) is 1.92. The lowest BCUT2D eigenvalue weighted by Crippen LogP contribution is -2.08. The second kappa shape index (κ2) is 6.66. The molecule has 0 unspecified atom stereocenters. The Hall–Kier alpha value is -1.83. The van der Waals surface area contributed by atoms with Crippen molar-refractivity contribution in [3.8, 4) is 6.07 Å². The van der Waals surface area contributed by atoms with Gasteiger partial charge in [-0.2, -0.15) is 5.26 Å². The third-order valence-corrected chi connectivity index (χ3v) is 1.12. The Morgan fingerprint density at radius 2 is 2.29 bits per heavy atom. The Morgan fingerprint density at radius 1 is 1.64 bits per heavy atom. The van der Waals surface area contributed by atoms with Crippen LogP contribution in [0.2, 0.25) is 0 Å². The Morgan fingerprint density at radius 3 is 2.71 bits per heavy atom. The van der Waals surface area contributed by atoms with Crippen molar-refractivity contribution in [1.29, 1.82) is 5.26 Å². The molecule has 0 aliphatic carbocycles. The van der Waals surface area contributed by atoms with Gasteiger partial charge in [-0.15, -0.1) is 0 Å². The number of esters is 1. The highest BCUT2D eigenvalue weighted by molar-refractivity contribution is 5.92. The third kappa shape index (κ3) is 4.93. The molecule has 0 radical (unpaired) electrons. The number of carbonyl (C=O) groups excluding carboxylic acids is 1. The summed E-state index contributed by atoms with van der Waals surface area (Å²) < 4.78 is 4.64. The van der Waals surface area contributed by atoms with Crippen molar-refractivity contribution >= 4 is 12.3 Å². The highest BCUT2D eigenvalue weighted by Crippen LogP contribution is 1.96. The fourth-order valence-corrected chi connectivity index (χ4v) is 0.577. The van der Waals surface area contributed by atoms with Gasteiger partial charge in [0, 0.05) is 14.1 Å². The standard InChI is InChI=1S/C9H13N3O2/c1-4-14-9(13)8(5-10)6-11-7-12(2)3/h6-7H,4H2,1-3H3. The average molecular weight is 195 g/mol. The molecule has 0 heterocycles. The van der Waals surface area contributed by atoms with Crippen molar-refractivity contribution in [3.63, 3.8) is 0 Å². The molecule has 0 aromatic heterocycles. The summed E-state index contributed by atoms with van der Waals surface area (Å²) in [6, 6.07) is 1.71. The molecule has 0 fully saturated rings. The van der Waals surface area contributed by atoms with Crippen molar-refractivity contribution < 1.29 is 9.53 Å². The molecular weight excluding hydrogens is 182 g/mol. The lowest BCUT2D eigenvalue weighted by Gasteiger charge is -2.00. The number of nitriles is 1. The molecule has 0 aliphatic heterocycles. The minimum Gasteiger partial charge on any atom is -0.462 e. The second-order valence-corrected chi connectivity index (χ2v) is 2.60. The number of rotatable bonds is 4. The van der Waals surface area contributed by atoms with Crippen LogP contribution >= 0.6 is 0 Å². The van der Waals surface area contributed by atoms with E-state index in [0.717, 1.165) is 0 Å². The lowest BCUT2D eigenvalue weighted by molar-refractivity contribution is -0.138. The molecule has 0 saturated carbocycles. The Kier molecular flexibility index (Phi) is 5.79. The van der Waals surface area contributed by atoms with E-state index in [1.165, 1.54) is 12.5 Å². The predicted molar refractivity (Wildman–Crippen MR) is 52.5 cm³/mol. The van der Waals surface area contributed by atoms with Gasteiger partial charge < -0.3 is 9.64 Å². The quantitative estimate of drug-likeness (QED) is 0.216. The summed E-state index contributed by atoms with van der Waals surface area (Å²) in [6.07, 6.45) is 2.66. The van der Waals surface area contributed by atoms with Gasteiger partial charge in [0.15, 0.2) is 5.57 Å². The molecule has 76 valence electrons. The zero-order valence-electron chi connectivity index (χ0n) is 8.52. The van der Waals surface area contributed by atoms with Crippen LogP contribution in [0.5, 0.6) is 0 Å².